The van der Waals surface area contributed by atoms with Gasteiger partial charge in [-0.1, -0.05) is 20.8 Å². The van der Waals surface area contributed by atoms with Crippen molar-refractivity contribution in [3.63, 3.8) is 0 Å². The van der Waals surface area contributed by atoms with E-state index in [1.165, 1.54) is 0 Å². The van der Waals surface area contributed by atoms with E-state index in [0.717, 1.165) is 0 Å². The molecule has 4 nitrogen and oxygen atoms in total. The van der Waals surface area contributed by atoms with E-state index in [0.29, 0.717) is 17.1 Å². The van der Waals surface area contributed by atoms with Crippen LogP contribution in [-0.2, 0) is 4.74 Å². The fourth-order valence-electron chi connectivity index (χ4n) is 1.99. The lowest BCUT2D eigenvalue weighted by atomic mass is 9.84. The maximum Gasteiger partial charge on any atom is 0.192 e. The van der Waals surface area contributed by atoms with Gasteiger partial charge in [-0.2, -0.15) is 0 Å². The van der Waals surface area contributed by atoms with Crippen molar-refractivity contribution in [2.75, 3.05) is 21.3 Å². The van der Waals surface area contributed by atoms with Crippen molar-refractivity contribution in [1.29, 1.82) is 0 Å². The van der Waals surface area contributed by atoms with E-state index in [2.05, 4.69) is 0 Å². The molecule has 0 saturated carbocycles. The van der Waals surface area contributed by atoms with Crippen molar-refractivity contribution in [2.45, 2.75) is 26.9 Å². The zero-order valence-corrected chi connectivity index (χ0v) is 12.4. The van der Waals surface area contributed by atoms with Crippen LogP contribution in [0.2, 0.25) is 0 Å². The van der Waals surface area contributed by atoms with Crippen molar-refractivity contribution in [1.82, 2.24) is 0 Å². The Morgan fingerprint density at radius 1 is 1.05 bits per heavy atom. The van der Waals surface area contributed by atoms with Crippen molar-refractivity contribution in [3.8, 4) is 11.5 Å². The first kappa shape index (κ1) is 15.5. The van der Waals surface area contributed by atoms with E-state index >= 15 is 0 Å². The molecule has 4 heteroatoms. The van der Waals surface area contributed by atoms with Gasteiger partial charge in [0.1, 0.15) is 6.10 Å². The van der Waals surface area contributed by atoms with Gasteiger partial charge in [0.05, 0.1) is 14.2 Å². The molecular weight excluding hydrogens is 244 g/mol. The molecule has 0 aliphatic heterocycles. The van der Waals surface area contributed by atoms with Crippen LogP contribution < -0.4 is 9.47 Å². The molecule has 19 heavy (non-hydrogen) atoms. The van der Waals surface area contributed by atoms with Crippen LogP contribution in [0.15, 0.2) is 18.2 Å². The van der Waals surface area contributed by atoms with Gasteiger partial charge in [0.15, 0.2) is 17.3 Å². The monoisotopic (exact) mass is 266 g/mol. The van der Waals surface area contributed by atoms with Crippen molar-refractivity contribution >= 4 is 5.78 Å². The molecule has 0 aromatic heterocycles. The predicted molar refractivity (Wildman–Crippen MR) is 74.1 cm³/mol. The van der Waals surface area contributed by atoms with Crippen molar-refractivity contribution in [2.24, 2.45) is 5.41 Å². The lowest BCUT2D eigenvalue weighted by Crippen LogP contribution is -2.36. The Kier molecular flexibility index (Phi) is 4.95. The molecule has 1 rings (SSSR count). The molecule has 0 fully saturated rings. The number of ketones is 1. The lowest BCUT2D eigenvalue weighted by Gasteiger charge is -2.28. The van der Waals surface area contributed by atoms with Crippen LogP contribution in [0, 0.1) is 5.41 Å². The first-order valence-corrected chi connectivity index (χ1v) is 6.14. The summed E-state index contributed by atoms with van der Waals surface area (Å²) in [6.45, 7) is 5.92. The predicted octanol–water partition coefficient (Wildman–Crippen LogP) is 2.95. The summed E-state index contributed by atoms with van der Waals surface area (Å²) in [5.41, 5.74) is 0.290. The molecule has 0 radical (unpaired) electrons. The highest BCUT2D eigenvalue weighted by Crippen LogP contribution is 2.30. The third-order valence-electron chi connectivity index (χ3n) is 2.93. The summed E-state index contributed by atoms with van der Waals surface area (Å²) in [5, 5.41) is 0. The Hall–Kier alpha value is -1.55. The summed E-state index contributed by atoms with van der Waals surface area (Å²) >= 11 is 0. The van der Waals surface area contributed by atoms with Gasteiger partial charge in [0.25, 0.3) is 0 Å². The third kappa shape index (κ3) is 3.47. The first-order chi connectivity index (χ1) is 8.85. The van der Waals surface area contributed by atoms with Crippen molar-refractivity contribution < 1.29 is 19.0 Å². The second-order valence-electron chi connectivity index (χ2n) is 5.42. The van der Waals surface area contributed by atoms with Gasteiger partial charge in [0, 0.05) is 12.7 Å². The maximum atomic E-state index is 12.5. The second kappa shape index (κ2) is 6.06. The summed E-state index contributed by atoms with van der Waals surface area (Å²) in [5.74, 6) is 1.08. The maximum absolute atomic E-state index is 12.5. The van der Waals surface area contributed by atoms with Crippen LogP contribution >= 0.6 is 0 Å². The summed E-state index contributed by atoms with van der Waals surface area (Å²) in [7, 11) is 4.66. The van der Waals surface area contributed by atoms with Gasteiger partial charge >= 0.3 is 0 Å². The van der Waals surface area contributed by atoms with E-state index in [9.17, 15) is 4.79 Å². The average Bonchev–Trinajstić information content (AvgIpc) is 2.36. The molecule has 1 unspecified atom stereocenters. The van der Waals surface area contributed by atoms with Crippen LogP contribution in [0.4, 0.5) is 0 Å². The minimum absolute atomic E-state index is 0.0593. The average molecular weight is 266 g/mol. The van der Waals surface area contributed by atoms with Gasteiger partial charge in [0.2, 0.25) is 0 Å². The minimum atomic E-state index is -0.495. The summed E-state index contributed by atoms with van der Waals surface area (Å²) in [4.78, 5) is 12.5. The van der Waals surface area contributed by atoms with Gasteiger partial charge in [-0.25, -0.2) is 0 Å². The molecular formula is C15H22O4. The molecule has 0 heterocycles. The fraction of sp³-hybridized carbons (Fsp3) is 0.533. The number of carbonyl (C=O) groups is 1. The number of methoxy groups -OCH3 is 3. The third-order valence-corrected chi connectivity index (χ3v) is 2.93. The van der Waals surface area contributed by atoms with E-state index in [1.54, 1.807) is 39.5 Å². The zero-order chi connectivity index (χ0) is 14.6. The molecule has 0 spiro atoms. The number of ether oxygens (including phenoxy) is 3. The van der Waals surface area contributed by atoms with E-state index in [-0.39, 0.29) is 11.2 Å². The van der Waals surface area contributed by atoms with Crippen LogP contribution in [-0.4, -0.2) is 33.2 Å². The Morgan fingerprint density at radius 2 is 1.63 bits per heavy atom. The first-order valence-electron chi connectivity index (χ1n) is 6.14. The standard InChI is InChI=1S/C15H22O4/c1-15(2,3)14(19-6)13(16)10-7-8-11(17-4)12(9-10)18-5/h7-9,14H,1-6H3. The van der Waals surface area contributed by atoms with E-state index in [4.69, 9.17) is 14.2 Å². The van der Waals surface area contributed by atoms with Crippen LogP contribution in [0.3, 0.4) is 0 Å². The normalized spacial score (nSPS) is 12.9. The molecule has 0 aliphatic carbocycles. The Morgan fingerprint density at radius 3 is 2.05 bits per heavy atom. The SMILES string of the molecule is COc1ccc(C(=O)C(OC)C(C)(C)C)cc1OC. The minimum Gasteiger partial charge on any atom is -0.493 e. The van der Waals surface area contributed by atoms with Crippen LogP contribution in [0.25, 0.3) is 0 Å². The quantitative estimate of drug-likeness (QED) is 0.769. The number of hydrogen-bond acceptors (Lipinski definition) is 4. The molecule has 106 valence electrons. The highest BCUT2D eigenvalue weighted by Gasteiger charge is 2.32. The molecule has 0 bridgehead atoms. The molecule has 1 atom stereocenters. The molecule has 0 amide bonds. The highest BCUT2D eigenvalue weighted by atomic mass is 16.5. The van der Waals surface area contributed by atoms with Crippen LogP contribution in [0.5, 0.6) is 11.5 Å². The Balaban J connectivity index is 3.12. The zero-order valence-electron chi connectivity index (χ0n) is 12.4. The summed E-state index contributed by atoms with van der Waals surface area (Å²) < 4.78 is 15.7. The molecule has 0 saturated heterocycles. The number of hydrogen-bond donors (Lipinski definition) is 0. The van der Waals surface area contributed by atoms with Gasteiger partial charge in [-0.15, -0.1) is 0 Å². The largest absolute Gasteiger partial charge is 0.493 e. The number of rotatable bonds is 5. The van der Waals surface area contributed by atoms with Gasteiger partial charge in [-0.05, 0) is 23.6 Å². The molecule has 0 N–H and O–H groups in total. The number of benzene rings is 1. The lowest BCUT2D eigenvalue weighted by molar-refractivity contribution is 0.0195. The highest BCUT2D eigenvalue weighted by molar-refractivity contribution is 6.00. The fourth-order valence-corrected chi connectivity index (χ4v) is 1.99. The van der Waals surface area contributed by atoms with Gasteiger partial charge < -0.3 is 14.2 Å². The van der Waals surface area contributed by atoms with Crippen LogP contribution in [0.1, 0.15) is 31.1 Å². The Labute approximate surface area is 114 Å². The van der Waals surface area contributed by atoms with E-state index in [1.807, 2.05) is 20.8 Å². The van der Waals surface area contributed by atoms with Gasteiger partial charge in [-0.3, -0.25) is 4.79 Å². The topological polar surface area (TPSA) is 44.8 Å². The molecule has 1 aromatic rings. The summed E-state index contributed by atoms with van der Waals surface area (Å²) in [6, 6.07) is 5.13. The van der Waals surface area contributed by atoms with Crippen molar-refractivity contribution in [3.05, 3.63) is 23.8 Å². The number of Topliss-reactive ketones (excluding diaryl/α,β-unsaturated/α-hetero) is 1. The second-order valence-corrected chi connectivity index (χ2v) is 5.42. The molecule has 1 aromatic carbocycles. The summed E-state index contributed by atoms with van der Waals surface area (Å²) in [6.07, 6.45) is -0.495. The smallest absolute Gasteiger partial charge is 0.192 e. The van der Waals surface area contributed by atoms with E-state index < -0.39 is 6.10 Å². The molecule has 0 aliphatic rings. The Bertz CT molecular complexity index is 446. The number of carbonyl (C=O) groups excluding carboxylic acids is 1.